The predicted octanol–water partition coefficient (Wildman–Crippen LogP) is 5.85. The highest BCUT2D eigenvalue weighted by molar-refractivity contribution is 6.12. The number of halogens is 3. The summed E-state index contributed by atoms with van der Waals surface area (Å²) in [5.41, 5.74) is 2.49. The Bertz CT molecular complexity index is 967. The van der Waals surface area contributed by atoms with E-state index >= 15 is 0 Å². The molecule has 31 heavy (non-hydrogen) atoms. The number of hydrogen-bond acceptors (Lipinski definition) is 3. The molecule has 0 bridgehead atoms. The van der Waals surface area contributed by atoms with Gasteiger partial charge in [-0.15, -0.1) is 0 Å². The zero-order valence-electron chi connectivity index (χ0n) is 17.1. The lowest BCUT2D eigenvalue weighted by atomic mass is 9.96. The van der Waals surface area contributed by atoms with Crippen LogP contribution in [0.15, 0.2) is 84.0 Å². The molecule has 160 valence electrons. The minimum Gasteiger partial charge on any atom is -0.357 e. The average molecular weight is 423 g/mol. The average Bonchev–Trinajstić information content (AvgIpc) is 2.81. The van der Waals surface area contributed by atoms with Crippen LogP contribution in [0, 0.1) is 5.92 Å². The van der Waals surface area contributed by atoms with E-state index in [1.165, 1.54) is 6.20 Å². The van der Waals surface area contributed by atoms with Crippen LogP contribution in [-0.4, -0.2) is 30.3 Å². The zero-order chi connectivity index (χ0) is 21.7. The van der Waals surface area contributed by atoms with Crippen molar-refractivity contribution in [3.8, 4) is 0 Å². The lowest BCUT2D eigenvalue weighted by Crippen LogP contribution is -2.35. The summed E-state index contributed by atoms with van der Waals surface area (Å²) in [5, 5.41) is 0. The van der Waals surface area contributed by atoms with E-state index in [4.69, 9.17) is 4.99 Å². The number of aliphatic imine (C=N–C) groups is 1. The molecular weight excluding hydrogens is 399 g/mol. The fraction of sp³-hybridized carbons (Fsp3) is 0.280. The first-order chi connectivity index (χ1) is 15.0. The molecule has 1 aromatic heterocycles. The second kappa shape index (κ2) is 9.33. The first kappa shape index (κ1) is 21.1. The minimum absolute atomic E-state index is 0.393. The Morgan fingerprint density at radius 1 is 0.903 bits per heavy atom. The molecule has 0 spiro atoms. The lowest BCUT2D eigenvalue weighted by Gasteiger charge is -2.32. The maximum Gasteiger partial charge on any atom is 0.416 e. The number of benzene rings is 2. The van der Waals surface area contributed by atoms with Gasteiger partial charge in [0, 0.05) is 37.0 Å². The van der Waals surface area contributed by atoms with Crippen molar-refractivity contribution >= 4 is 11.5 Å². The van der Waals surface area contributed by atoms with E-state index in [1.807, 2.05) is 41.3 Å². The number of aromatic nitrogens is 1. The predicted molar refractivity (Wildman–Crippen MR) is 118 cm³/mol. The third-order valence-electron chi connectivity index (χ3n) is 5.61. The van der Waals surface area contributed by atoms with E-state index < -0.39 is 11.7 Å². The number of pyridine rings is 1. The Kier molecular flexibility index (Phi) is 6.35. The van der Waals surface area contributed by atoms with Crippen molar-refractivity contribution < 1.29 is 13.2 Å². The first-order valence-corrected chi connectivity index (χ1v) is 10.4. The lowest BCUT2D eigenvalue weighted by molar-refractivity contribution is -0.137. The topological polar surface area (TPSA) is 28.5 Å². The van der Waals surface area contributed by atoms with Gasteiger partial charge in [0.25, 0.3) is 0 Å². The Morgan fingerprint density at radius 3 is 2.03 bits per heavy atom. The maximum absolute atomic E-state index is 13.0. The Hall–Kier alpha value is -3.15. The Morgan fingerprint density at radius 2 is 1.48 bits per heavy atom. The molecule has 1 aliphatic heterocycles. The third kappa shape index (κ3) is 5.32. The SMILES string of the molecule is FC(F)(F)c1ccnc(N2CCC(CN=C(c3ccccc3)c3ccccc3)CC2)c1. The summed E-state index contributed by atoms with van der Waals surface area (Å²) < 4.78 is 39.0. The highest BCUT2D eigenvalue weighted by Crippen LogP contribution is 2.31. The molecule has 0 aliphatic carbocycles. The van der Waals surface area contributed by atoms with Gasteiger partial charge in [0.05, 0.1) is 11.3 Å². The largest absolute Gasteiger partial charge is 0.416 e. The van der Waals surface area contributed by atoms with Crippen LogP contribution >= 0.6 is 0 Å². The van der Waals surface area contributed by atoms with Crippen molar-refractivity contribution in [3.05, 3.63) is 95.7 Å². The maximum atomic E-state index is 13.0. The van der Waals surface area contributed by atoms with E-state index in [2.05, 4.69) is 29.2 Å². The summed E-state index contributed by atoms with van der Waals surface area (Å²) in [6, 6.07) is 22.4. The van der Waals surface area contributed by atoms with Crippen LogP contribution in [0.1, 0.15) is 29.5 Å². The summed E-state index contributed by atoms with van der Waals surface area (Å²) in [6.45, 7) is 2.06. The van der Waals surface area contributed by atoms with E-state index in [1.54, 1.807) is 0 Å². The van der Waals surface area contributed by atoms with Gasteiger partial charge in [0.1, 0.15) is 5.82 Å². The molecule has 0 unspecified atom stereocenters. The summed E-state index contributed by atoms with van der Waals surface area (Å²) in [4.78, 5) is 11.1. The van der Waals surface area contributed by atoms with Gasteiger partial charge in [-0.2, -0.15) is 13.2 Å². The highest BCUT2D eigenvalue weighted by Gasteiger charge is 2.31. The molecule has 0 saturated carbocycles. The van der Waals surface area contributed by atoms with Crippen LogP contribution in [0.3, 0.4) is 0 Å². The second-order valence-electron chi connectivity index (χ2n) is 7.75. The van der Waals surface area contributed by atoms with Crippen LogP contribution in [0.2, 0.25) is 0 Å². The highest BCUT2D eigenvalue weighted by atomic mass is 19.4. The number of nitrogens with zero attached hydrogens (tertiary/aromatic N) is 3. The molecule has 3 aromatic rings. The number of anilines is 1. The number of rotatable bonds is 5. The summed E-state index contributed by atoms with van der Waals surface area (Å²) in [5.74, 6) is 0.788. The molecular formula is C25H24F3N3. The van der Waals surface area contributed by atoms with Crippen LogP contribution in [0.25, 0.3) is 0 Å². The van der Waals surface area contributed by atoms with Gasteiger partial charge in [-0.05, 0) is 30.9 Å². The van der Waals surface area contributed by atoms with Crippen molar-refractivity contribution in [2.45, 2.75) is 19.0 Å². The van der Waals surface area contributed by atoms with Gasteiger partial charge < -0.3 is 4.90 Å². The molecule has 1 fully saturated rings. The van der Waals surface area contributed by atoms with Gasteiger partial charge >= 0.3 is 6.18 Å². The van der Waals surface area contributed by atoms with Gasteiger partial charge in [-0.25, -0.2) is 4.98 Å². The van der Waals surface area contributed by atoms with E-state index in [9.17, 15) is 13.2 Å². The summed E-state index contributed by atoms with van der Waals surface area (Å²) in [6.07, 6.45) is -1.37. The normalized spacial score (nSPS) is 15.0. The fourth-order valence-corrected chi connectivity index (χ4v) is 3.87. The Balaban J connectivity index is 1.44. The first-order valence-electron chi connectivity index (χ1n) is 10.4. The van der Waals surface area contributed by atoms with Gasteiger partial charge in [-0.3, -0.25) is 4.99 Å². The summed E-state index contributed by atoms with van der Waals surface area (Å²) in [7, 11) is 0. The molecule has 6 heteroatoms. The minimum atomic E-state index is -4.35. The molecule has 1 saturated heterocycles. The summed E-state index contributed by atoms with van der Waals surface area (Å²) >= 11 is 0. The van der Waals surface area contributed by atoms with Gasteiger partial charge in [0.2, 0.25) is 0 Å². The van der Waals surface area contributed by atoms with Crippen LogP contribution in [0.4, 0.5) is 19.0 Å². The second-order valence-corrected chi connectivity index (χ2v) is 7.75. The number of hydrogen-bond donors (Lipinski definition) is 0. The molecule has 0 N–H and O–H groups in total. The van der Waals surface area contributed by atoms with Crippen LogP contribution < -0.4 is 4.90 Å². The van der Waals surface area contributed by atoms with Crippen molar-refractivity contribution in [1.29, 1.82) is 0 Å². The van der Waals surface area contributed by atoms with Gasteiger partial charge in [-0.1, -0.05) is 60.7 Å². The van der Waals surface area contributed by atoms with Crippen molar-refractivity contribution in [3.63, 3.8) is 0 Å². The quantitative estimate of drug-likeness (QED) is 0.481. The van der Waals surface area contributed by atoms with Crippen molar-refractivity contribution in [2.24, 2.45) is 10.9 Å². The number of alkyl halides is 3. The van der Waals surface area contributed by atoms with Crippen LogP contribution in [-0.2, 0) is 6.18 Å². The Labute approximate surface area is 180 Å². The monoisotopic (exact) mass is 423 g/mol. The van der Waals surface area contributed by atoms with E-state index in [-0.39, 0.29) is 0 Å². The zero-order valence-corrected chi connectivity index (χ0v) is 17.1. The van der Waals surface area contributed by atoms with Crippen molar-refractivity contribution in [1.82, 2.24) is 4.98 Å². The third-order valence-corrected chi connectivity index (χ3v) is 5.61. The van der Waals surface area contributed by atoms with E-state index in [0.717, 1.165) is 41.8 Å². The molecule has 0 radical (unpaired) electrons. The van der Waals surface area contributed by atoms with Crippen LogP contribution in [0.5, 0.6) is 0 Å². The molecule has 1 aliphatic rings. The molecule has 2 heterocycles. The molecule has 3 nitrogen and oxygen atoms in total. The fourth-order valence-electron chi connectivity index (χ4n) is 3.87. The molecule has 0 atom stereocenters. The van der Waals surface area contributed by atoms with Gasteiger partial charge in [0.15, 0.2) is 0 Å². The number of piperidine rings is 1. The smallest absolute Gasteiger partial charge is 0.357 e. The standard InChI is InChI=1S/C25H24F3N3/c26-25(27,28)22-11-14-29-23(17-22)31-15-12-19(13-16-31)18-30-24(20-7-3-1-4-8-20)21-9-5-2-6-10-21/h1-11,14,17,19H,12-13,15-16,18H2. The molecule has 2 aromatic carbocycles. The van der Waals surface area contributed by atoms with Crippen molar-refractivity contribution in [2.75, 3.05) is 24.5 Å². The molecule has 4 rings (SSSR count). The van der Waals surface area contributed by atoms with E-state index in [0.29, 0.717) is 31.4 Å². The molecule has 0 amide bonds.